The van der Waals surface area contributed by atoms with Gasteiger partial charge in [0, 0.05) is 21.8 Å². The third-order valence-electron chi connectivity index (χ3n) is 3.96. The van der Waals surface area contributed by atoms with Crippen LogP contribution in [0.15, 0.2) is 36.4 Å². The summed E-state index contributed by atoms with van der Waals surface area (Å²) in [5.74, 6) is 0. The van der Waals surface area contributed by atoms with Crippen LogP contribution in [0.4, 0.5) is 0 Å². The first-order chi connectivity index (χ1) is 9.77. The molecular formula is C19H27NS. The first kappa shape index (κ1) is 16.3. The molecule has 0 aliphatic rings. The van der Waals surface area contributed by atoms with E-state index in [9.17, 15) is 0 Å². The van der Waals surface area contributed by atoms with Crippen LogP contribution in [0.5, 0.6) is 0 Å². The Labute approximate surface area is 133 Å². The number of hydrogen-bond acceptors (Lipinski definition) is 2. The molecule has 21 heavy (non-hydrogen) atoms. The summed E-state index contributed by atoms with van der Waals surface area (Å²) >= 11 is 1.88. The summed E-state index contributed by atoms with van der Waals surface area (Å²) in [5.41, 5.74) is 2.96. The van der Waals surface area contributed by atoms with Crippen molar-refractivity contribution in [2.45, 2.75) is 59.0 Å². The van der Waals surface area contributed by atoms with Gasteiger partial charge in [-0.25, -0.2) is 0 Å². The van der Waals surface area contributed by atoms with Crippen molar-refractivity contribution in [3.63, 3.8) is 0 Å². The van der Waals surface area contributed by atoms with Gasteiger partial charge in [0.15, 0.2) is 0 Å². The topological polar surface area (TPSA) is 12.0 Å². The van der Waals surface area contributed by atoms with Crippen molar-refractivity contribution < 1.29 is 0 Å². The molecule has 2 unspecified atom stereocenters. The van der Waals surface area contributed by atoms with E-state index in [2.05, 4.69) is 83.3 Å². The molecule has 1 nitrogen and oxygen atoms in total. The predicted molar refractivity (Wildman–Crippen MR) is 94.2 cm³/mol. The van der Waals surface area contributed by atoms with Gasteiger partial charge in [-0.1, -0.05) is 45.0 Å². The van der Waals surface area contributed by atoms with Crippen LogP contribution in [0.25, 0.3) is 0 Å². The molecule has 114 valence electrons. The molecule has 2 heteroatoms. The molecule has 0 fully saturated rings. The van der Waals surface area contributed by atoms with E-state index in [0.29, 0.717) is 12.1 Å². The van der Waals surface area contributed by atoms with Crippen LogP contribution in [-0.2, 0) is 5.41 Å². The van der Waals surface area contributed by atoms with Crippen LogP contribution in [-0.4, -0.2) is 0 Å². The smallest absolute Gasteiger partial charge is 0.0391 e. The maximum absolute atomic E-state index is 3.69. The lowest BCUT2D eigenvalue weighted by Crippen LogP contribution is -2.22. The summed E-state index contributed by atoms with van der Waals surface area (Å²) in [7, 11) is 0. The summed E-state index contributed by atoms with van der Waals surface area (Å²) in [6, 6.07) is 14.2. The van der Waals surface area contributed by atoms with Crippen LogP contribution >= 0.6 is 11.3 Å². The second kappa shape index (κ2) is 6.33. The maximum atomic E-state index is 3.69. The van der Waals surface area contributed by atoms with Gasteiger partial charge in [0.25, 0.3) is 0 Å². The summed E-state index contributed by atoms with van der Waals surface area (Å²) < 4.78 is 0. The molecule has 0 spiro atoms. The van der Waals surface area contributed by atoms with Gasteiger partial charge >= 0.3 is 0 Å². The third-order valence-corrected chi connectivity index (χ3v) is 5.15. The summed E-state index contributed by atoms with van der Waals surface area (Å²) in [5, 5.41) is 3.69. The standard InChI is InChI=1S/C19H27NS/c1-13-7-12-18(21-13)15(3)20-14(2)16-8-10-17(11-9-16)19(4,5)6/h7-12,14-15,20H,1-6H3. The fourth-order valence-electron chi connectivity index (χ4n) is 2.51. The quantitative estimate of drug-likeness (QED) is 0.756. The zero-order chi connectivity index (χ0) is 15.6. The van der Waals surface area contributed by atoms with Gasteiger partial charge < -0.3 is 5.32 Å². The molecule has 0 amide bonds. The predicted octanol–water partition coefficient (Wildman–Crippen LogP) is 5.77. The fraction of sp³-hybridized carbons (Fsp3) is 0.474. The van der Waals surface area contributed by atoms with E-state index in [1.54, 1.807) is 0 Å². The normalized spacial score (nSPS) is 15.0. The van der Waals surface area contributed by atoms with E-state index < -0.39 is 0 Å². The highest BCUT2D eigenvalue weighted by atomic mass is 32.1. The lowest BCUT2D eigenvalue weighted by molar-refractivity contribution is 0.499. The van der Waals surface area contributed by atoms with Gasteiger partial charge in [-0.2, -0.15) is 0 Å². The molecule has 0 saturated heterocycles. The minimum Gasteiger partial charge on any atom is -0.303 e. The molecule has 2 rings (SSSR count). The second-order valence-corrected chi connectivity index (χ2v) is 8.25. The SMILES string of the molecule is Cc1ccc(C(C)NC(C)c2ccc(C(C)(C)C)cc2)s1. The maximum Gasteiger partial charge on any atom is 0.0391 e. The molecule has 0 bridgehead atoms. The third kappa shape index (κ3) is 4.18. The molecule has 2 aromatic rings. The van der Waals surface area contributed by atoms with E-state index >= 15 is 0 Å². The van der Waals surface area contributed by atoms with Crippen LogP contribution in [0.3, 0.4) is 0 Å². The molecule has 0 radical (unpaired) electrons. The van der Waals surface area contributed by atoms with Crippen LogP contribution in [0.2, 0.25) is 0 Å². The number of benzene rings is 1. The van der Waals surface area contributed by atoms with Gasteiger partial charge in [0.1, 0.15) is 0 Å². The average Bonchev–Trinajstić information content (AvgIpc) is 2.84. The summed E-state index contributed by atoms with van der Waals surface area (Å²) in [6.45, 7) is 13.4. The Morgan fingerprint density at radius 3 is 2.00 bits per heavy atom. The molecular weight excluding hydrogens is 274 g/mol. The molecule has 0 saturated carbocycles. The minimum absolute atomic E-state index is 0.219. The molecule has 0 aliphatic heterocycles. The summed E-state index contributed by atoms with van der Waals surface area (Å²) in [6.07, 6.45) is 0. The molecule has 1 aromatic heterocycles. The largest absolute Gasteiger partial charge is 0.303 e. The number of hydrogen-bond donors (Lipinski definition) is 1. The van der Waals surface area contributed by atoms with Crippen LogP contribution < -0.4 is 5.32 Å². The Kier molecular flexibility index (Phi) is 4.90. The van der Waals surface area contributed by atoms with Crippen LogP contribution in [0.1, 0.15) is 67.6 Å². The molecule has 0 aliphatic carbocycles. The Morgan fingerprint density at radius 1 is 0.905 bits per heavy atom. The van der Waals surface area contributed by atoms with Gasteiger partial charge in [-0.15, -0.1) is 11.3 Å². The fourth-order valence-corrected chi connectivity index (χ4v) is 3.40. The van der Waals surface area contributed by atoms with Crippen LogP contribution in [0, 0.1) is 6.92 Å². The highest BCUT2D eigenvalue weighted by Gasteiger charge is 2.15. The van der Waals surface area contributed by atoms with Crippen molar-refractivity contribution in [2.24, 2.45) is 0 Å². The van der Waals surface area contributed by atoms with E-state index in [1.165, 1.54) is 20.9 Å². The highest BCUT2D eigenvalue weighted by Crippen LogP contribution is 2.27. The average molecular weight is 301 g/mol. The van der Waals surface area contributed by atoms with Crippen molar-refractivity contribution in [2.75, 3.05) is 0 Å². The highest BCUT2D eigenvalue weighted by molar-refractivity contribution is 7.12. The Hall–Kier alpha value is -1.12. The first-order valence-electron chi connectivity index (χ1n) is 7.70. The molecule has 1 aromatic carbocycles. The summed E-state index contributed by atoms with van der Waals surface area (Å²) in [4.78, 5) is 2.78. The van der Waals surface area contributed by atoms with Crippen molar-refractivity contribution in [1.29, 1.82) is 0 Å². The van der Waals surface area contributed by atoms with Crippen molar-refractivity contribution in [3.05, 3.63) is 57.3 Å². The van der Waals surface area contributed by atoms with Crippen molar-refractivity contribution >= 4 is 11.3 Å². The molecule has 1 heterocycles. The Morgan fingerprint density at radius 2 is 1.52 bits per heavy atom. The first-order valence-corrected chi connectivity index (χ1v) is 8.52. The van der Waals surface area contributed by atoms with Gasteiger partial charge in [-0.05, 0) is 49.4 Å². The lowest BCUT2D eigenvalue weighted by atomic mass is 9.86. The molecule has 2 atom stereocenters. The van der Waals surface area contributed by atoms with Crippen molar-refractivity contribution in [3.8, 4) is 0 Å². The minimum atomic E-state index is 0.219. The van der Waals surface area contributed by atoms with E-state index in [1.807, 2.05) is 11.3 Å². The van der Waals surface area contributed by atoms with E-state index in [4.69, 9.17) is 0 Å². The number of rotatable bonds is 4. The monoisotopic (exact) mass is 301 g/mol. The van der Waals surface area contributed by atoms with E-state index in [0.717, 1.165) is 0 Å². The Balaban J connectivity index is 2.04. The number of thiophene rings is 1. The molecule has 1 N–H and O–H groups in total. The number of nitrogens with one attached hydrogen (secondary N) is 1. The van der Waals surface area contributed by atoms with Gasteiger partial charge in [0.05, 0.1) is 0 Å². The number of aryl methyl sites for hydroxylation is 1. The lowest BCUT2D eigenvalue weighted by Gasteiger charge is -2.22. The van der Waals surface area contributed by atoms with Crippen molar-refractivity contribution in [1.82, 2.24) is 5.32 Å². The van der Waals surface area contributed by atoms with Gasteiger partial charge in [0.2, 0.25) is 0 Å². The second-order valence-electron chi connectivity index (χ2n) is 6.93. The Bertz CT molecular complexity index is 574. The zero-order valence-electron chi connectivity index (χ0n) is 14.0. The zero-order valence-corrected chi connectivity index (χ0v) is 14.8. The van der Waals surface area contributed by atoms with Gasteiger partial charge in [-0.3, -0.25) is 0 Å². The van der Waals surface area contributed by atoms with E-state index in [-0.39, 0.29) is 5.41 Å².